The van der Waals surface area contributed by atoms with E-state index in [1.807, 2.05) is 28.3 Å². The van der Waals surface area contributed by atoms with Gasteiger partial charge in [0.2, 0.25) is 0 Å². The zero-order valence-corrected chi connectivity index (χ0v) is 18.1. The monoisotopic (exact) mass is 446 g/mol. The van der Waals surface area contributed by atoms with Crippen LogP contribution in [-0.2, 0) is 18.3 Å². The van der Waals surface area contributed by atoms with Crippen LogP contribution in [0.15, 0.2) is 42.7 Å². The van der Waals surface area contributed by atoms with Crippen LogP contribution in [0.1, 0.15) is 40.4 Å². The first-order valence-corrected chi connectivity index (χ1v) is 11.0. The Kier molecular flexibility index (Phi) is 4.65. The highest BCUT2D eigenvalue weighted by atomic mass is 19.1. The van der Waals surface area contributed by atoms with Gasteiger partial charge in [-0.3, -0.25) is 13.9 Å². The first-order valence-electron chi connectivity index (χ1n) is 11.0. The van der Waals surface area contributed by atoms with Crippen molar-refractivity contribution in [3.05, 3.63) is 65.4 Å². The van der Waals surface area contributed by atoms with E-state index >= 15 is 0 Å². The van der Waals surface area contributed by atoms with Gasteiger partial charge in [-0.1, -0.05) is 6.07 Å². The number of nitrogens with zero attached hydrogens (tertiary/aromatic N) is 4. The minimum Gasteiger partial charge on any atom is -0.381 e. The number of fused-ring (bicyclic) bond motifs is 2. The fraction of sp³-hybridized carbons (Fsp3) is 0.292. The Bertz CT molecular complexity index is 1390. The number of carbonyl (C=O) groups is 1. The van der Waals surface area contributed by atoms with Crippen molar-refractivity contribution in [2.24, 2.45) is 7.05 Å². The minimum absolute atomic E-state index is 0.130. The van der Waals surface area contributed by atoms with Crippen molar-refractivity contribution in [3.63, 3.8) is 0 Å². The molecule has 1 fully saturated rings. The summed E-state index contributed by atoms with van der Waals surface area (Å²) in [6, 6.07) is 8.71. The van der Waals surface area contributed by atoms with Crippen LogP contribution in [0.3, 0.4) is 0 Å². The molecule has 0 unspecified atom stereocenters. The number of hydrogen-bond donors (Lipinski definition) is 2. The van der Waals surface area contributed by atoms with Crippen molar-refractivity contribution in [1.82, 2.24) is 24.5 Å². The molecule has 0 saturated carbocycles. The molecule has 168 valence electrons. The molecule has 0 atom stereocenters. The van der Waals surface area contributed by atoms with Gasteiger partial charge in [-0.15, -0.1) is 0 Å². The number of imidazole rings is 1. The van der Waals surface area contributed by atoms with Crippen LogP contribution in [0.25, 0.3) is 16.9 Å². The molecule has 2 N–H and O–H groups in total. The lowest BCUT2D eigenvalue weighted by atomic mass is 9.96. The van der Waals surface area contributed by atoms with Gasteiger partial charge in [-0.05, 0) is 30.5 Å². The molecule has 1 aromatic carbocycles. The standard InChI is InChI=1S/C24H23FN6O2/c1-30-19(14-5-8-33-9-6-14)11-21(29-30)28-18-3-2-16(17-12-27-24(32)23(17)18)20-13-26-22-10-15(25)4-7-31(20)22/h2-4,7,10-11,13-14H,5-6,8-9,12H2,1H3,(H,27,32)(H,28,29). The number of aryl methyl sites for hydroxylation is 1. The van der Waals surface area contributed by atoms with Gasteiger partial charge in [-0.2, -0.15) is 5.10 Å². The van der Waals surface area contributed by atoms with Gasteiger partial charge in [-0.25, -0.2) is 9.37 Å². The third-order valence-electron chi connectivity index (χ3n) is 6.54. The van der Waals surface area contributed by atoms with Crippen LogP contribution in [0.5, 0.6) is 0 Å². The van der Waals surface area contributed by atoms with Gasteiger partial charge in [0.15, 0.2) is 5.82 Å². The number of amides is 1. The zero-order chi connectivity index (χ0) is 22.5. The Morgan fingerprint density at radius 2 is 2.06 bits per heavy atom. The molecule has 5 heterocycles. The molecule has 9 heteroatoms. The molecule has 6 rings (SSSR count). The van der Waals surface area contributed by atoms with E-state index in [1.165, 1.54) is 12.1 Å². The van der Waals surface area contributed by atoms with Crippen LogP contribution < -0.4 is 10.6 Å². The lowest BCUT2D eigenvalue weighted by molar-refractivity contribution is 0.0837. The molecule has 2 aliphatic heterocycles. The second-order valence-electron chi connectivity index (χ2n) is 8.50. The van der Waals surface area contributed by atoms with Gasteiger partial charge < -0.3 is 15.4 Å². The molecule has 0 aliphatic carbocycles. The third kappa shape index (κ3) is 3.36. The normalized spacial score (nSPS) is 16.2. The average molecular weight is 446 g/mol. The predicted octanol–water partition coefficient (Wildman–Crippen LogP) is 3.75. The highest BCUT2D eigenvalue weighted by Crippen LogP contribution is 2.36. The van der Waals surface area contributed by atoms with Gasteiger partial charge in [0, 0.05) is 62.3 Å². The maximum absolute atomic E-state index is 13.6. The lowest BCUT2D eigenvalue weighted by Gasteiger charge is -2.21. The third-order valence-corrected chi connectivity index (χ3v) is 6.54. The van der Waals surface area contributed by atoms with E-state index in [0.717, 1.165) is 48.6 Å². The Balaban J connectivity index is 1.37. The van der Waals surface area contributed by atoms with Crippen LogP contribution in [-0.4, -0.2) is 38.3 Å². The molecule has 0 radical (unpaired) electrons. The number of pyridine rings is 1. The number of carbonyl (C=O) groups excluding carboxylic acids is 1. The number of rotatable bonds is 4. The van der Waals surface area contributed by atoms with Crippen LogP contribution in [0.4, 0.5) is 15.9 Å². The number of benzene rings is 1. The SMILES string of the molecule is Cn1nc(Nc2ccc(-c3cnc4cc(F)ccn34)c3c2C(=O)NC3)cc1C1CCOCC1. The van der Waals surface area contributed by atoms with E-state index in [4.69, 9.17) is 4.74 Å². The Morgan fingerprint density at radius 1 is 1.21 bits per heavy atom. The molecule has 4 aromatic rings. The maximum atomic E-state index is 13.6. The van der Waals surface area contributed by atoms with Gasteiger partial charge >= 0.3 is 0 Å². The van der Waals surface area contributed by atoms with Crippen molar-refractivity contribution in [2.45, 2.75) is 25.3 Å². The predicted molar refractivity (Wildman–Crippen MR) is 121 cm³/mol. The summed E-state index contributed by atoms with van der Waals surface area (Å²) in [5.74, 6) is 0.661. The first-order chi connectivity index (χ1) is 16.1. The molecule has 3 aromatic heterocycles. The molecule has 0 bridgehead atoms. The quantitative estimate of drug-likeness (QED) is 0.499. The smallest absolute Gasteiger partial charge is 0.254 e. The molecule has 1 amide bonds. The Morgan fingerprint density at radius 3 is 2.91 bits per heavy atom. The topological polar surface area (TPSA) is 85.5 Å². The van der Waals surface area contributed by atoms with E-state index in [9.17, 15) is 9.18 Å². The highest BCUT2D eigenvalue weighted by molar-refractivity contribution is 6.06. The fourth-order valence-corrected chi connectivity index (χ4v) is 4.90. The Labute approximate surface area is 189 Å². The summed E-state index contributed by atoms with van der Waals surface area (Å²) < 4.78 is 22.8. The van der Waals surface area contributed by atoms with E-state index in [0.29, 0.717) is 35.2 Å². The Hall–Kier alpha value is -3.72. The van der Waals surface area contributed by atoms with Crippen molar-refractivity contribution in [2.75, 3.05) is 18.5 Å². The number of aromatic nitrogens is 4. The fourth-order valence-electron chi connectivity index (χ4n) is 4.90. The molecule has 1 saturated heterocycles. The molecular formula is C24H23FN6O2. The number of halogens is 1. The average Bonchev–Trinajstić information content (AvgIpc) is 3.52. The summed E-state index contributed by atoms with van der Waals surface area (Å²) in [4.78, 5) is 17.1. The maximum Gasteiger partial charge on any atom is 0.254 e. The highest BCUT2D eigenvalue weighted by Gasteiger charge is 2.28. The van der Waals surface area contributed by atoms with Crippen molar-refractivity contribution in [3.8, 4) is 11.3 Å². The molecule has 2 aliphatic rings. The largest absolute Gasteiger partial charge is 0.381 e. The summed E-state index contributed by atoms with van der Waals surface area (Å²) in [5.41, 5.74) is 5.57. The first kappa shape index (κ1) is 19.9. The van der Waals surface area contributed by atoms with Crippen LogP contribution in [0.2, 0.25) is 0 Å². The summed E-state index contributed by atoms with van der Waals surface area (Å²) in [6.07, 6.45) is 5.32. The molecule has 33 heavy (non-hydrogen) atoms. The minimum atomic E-state index is -0.336. The molecule has 8 nitrogen and oxygen atoms in total. The zero-order valence-electron chi connectivity index (χ0n) is 18.1. The van der Waals surface area contributed by atoms with Gasteiger partial charge in [0.1, 0.15) is 11.5 Å². The van der Waals surface area contributed by atoms with E-state index in [1.54, 1.807) is 12.4 Å². The lowest BCUT2D eigenvalue weighted by Crippen LogP contribution is -2.16. The second kappa shape index (κ2) is 7.70. The number of ether oxygens (including phenoxy) is 1. The van der Waals surface area contributed by atoms with Gasteiger partial charge in [0.05, 0.1) is 23.1 Å². The van der Waals surface area contributed by atoms with E-state index in [2.05, 4.69) is 26.8 Å². The number of hydrogen-bond acceptors (Lipinski definition) is 5. The van der Waals surface area contributed by atoms with E-state index in [-0.39, 0.29) is 11.7 Å². The second-order valence-corrected chi connectivity index (χ2v) is 8.50. The molecular weight excluding hydrogens is 423 g/mol. The van der Waals surface area contributed by atoms with Crippen molar-refractivity contribution in [1.29, 1.82) is 0 Å². The van der Waals surface area contributed by atoms with Crippen LogP contribution in [0, 0.1) is 5.82 Å². The number of nitrogens with one attached hydrogen (secondary N) is 2. The van der Waals surface area contributed by atoms with Crippen molar-refractivity contribution < 1.29 is 13.9 Å². The summed E-state index contributed by atoms with van der Waals surface area (Å²) >= 11 is 0. The summed E-state index contributed by atoms with van der Waals surface area (Å²) in [5, 5.41) is 10.9. The van der Waals surface area contributed by atoms with Gasteiger partial charge in [0.25, 0.3) is 5.91 Å². The summed E-state index contributed by atoms with van der Waals surface area (Å²) in [6.45, 7) is 1.95. The van der Waals surface area contributed by atoms with E-state index < -0.39 is 0 Å². The number of anilines is 2. The molecule has 0 spiro atoms. The summed E-state index contributed by atoms with van der Waals surface area (Å²) in [7, 11) is 1.95. The van der Waals surface area contributed by atoms with Crippen molar-refractivity contribution >= 4 is 23.1 Å². The van der Waals surface area contributed by atoms with Crippen LogP contribution >= 0.6 is 0 Å².